The van der Waals surface area contributed by atoms with Crippen molar-refractivity contribution < 1.29 is 18.7 Å². The fourth-order valence-corrected chi connectivity index (χ4v) is 3.12. The average molecular weight is 324 g/mol. The molecule has 0 spiro atoms. The van der Waals surface area contributed by atoms with Crippen LogP contribution in [-0.2, 0) is 21.8 Å². The SMILES string of the molecule is COCCn1c(SCc2occc2C(=O)OC)nc(C)c1C. The van der Waals surface area contributed by atoms with Crippen molar-refractivity contribution in [2.24, 2.45) is 0 Å². The Morgan fingerprint density at radius 1 is 1.41 bits per heavy atom. The number of imidazole rings is 1. The van der Waals surface area contributed by atoms with Gasteiger partial charge in [0.25, 0.3) is 0 Å². The predicted molar refractivity (Wildman–Crippen MR) is 83.2 cm³/mol. The molecule has 0 aromatic carbocycles. The number of nitrogens with zero attached hydrogens (tertiary/aromatic N) is 2. The van der Waals surface area contributed by atoms with Crippen LogP contribution in [0.1, 0.15) is 27.5 Å². The molecule has 120 valence electrons. The fourth-order valence-electron chi connectivity index (χ4n) is 2.05. The summed E-state index contributed by atoms with van der Waals surface area (Å²) in [6.45, 7) is 5.39. The van der Waals surface area contributed by atoms with Gasteiger partial charge < -0.3 is 18.5 Å². The minimum Gasteiger partial charge on any atom is -0.468 e. The molecule has 0 unspecified atom stereocenters. The molecule has 2 rings (SSSR count). The second-order valence-electron chi connectivity index (χ2n) is 4.75. The summed E-state index contributed by atoms with van der Waals surface area (Å²) in [5, 5.41) is 0.888. The van der Waals surface area contributed by atoms with Crippen LogP contribution in [0.2, 0.25) is 0 Å². The molecular weight excluding hydrogens is 304 g/mol. The summed E-state index contributed by atoms with van der Waals surface area (Å²) in [4.78, 5) is 16.2. The van der Waals surface area contributed by atoms with Crippen LogP contribution < -0.4 is 0 Å². The van der Waals surface area contributed by atoms with Crippen molar-refractivity contribution in [3.8, 4) is 0 Å². The van der Waals surface area contributed by atoms with Crippen molar-refractivity contribution >= 4 is 17.7 Å². The molecule has 6 nitrogen and oxygen atoms in total. The van der Waals surface area contributed by atoms with E-state index < -0.39 is 0 Å². The van der Waals surface area contributed by atoms with Gasteiger partial charge in [0.2, 0.25) is 0 Å². The van der Waals surface area contributed by atoms with Crippen molar-refractivity contribution in [1.29, 1.82) is 0 Å². The molecule has 0 N–H and O–H groups in total. The van der Waals surface area contributed by atoms with Gasteiger partial charge in [-0.2, -0.15) is 0 Å². The first-order valence-electron chi connectivity index (χ1n) is 6.88. The van der Waals surface area contributed by atoms with Crippen molar-refractivity contribution in [3.63, 3.8) is 0 Å². The minimum atomic E-state index is -0.389. The topological polar surface area (TPSA) is 66.5 Å². The van der Waals surface area contributed by atoms with Crippen LogP contribution in [-0.4, -0.2) is 36.3 Å². The van der Waals surface area contributed by atoms with Crippen LogP contribution in [0.5, 0.6) is 0 Å². The molecule has 7 heteroatoms. The number of aryl methyl sites for hydroxylation is 1. The van der Waals surface area contributed by atoms with Crippen molar-refractivity contribution in [2.75, 3.05) is 20.8 Å². The lowest BCUT2D eigenvalue weighted by Gasteiger charge is -2.09. The predicted octanol–water partition coefficient (Wildman–Crippen LogP) is 2.82. The van der Waals surface area contributed by atoms with Crippen LogP contribution in [0.4, 0.5) is 0 Å². The van der Waals surface area contributed by atoms with E-state index in [-0.39, 0.29) is 5.97 Å². The van der Waals surface area contributed by atoms with Gasteiger partial charge in [-0.3, -0.25) is 0 Å². The smallest absolute Gasteiger partial charge is 0.341 e. The van der Waals surface area contributed by atoms with Crippen LogP contribution in [0.25, 0.3) is 0 Å². The molecule has 0 saturated carbocycles. The fraction of sp³-hybridized carbons (Fsp3) is 0.467. The molecule has 0 saturated heterocycles. The number of hydrogen-bond donors (Lipinski definition) is 0. The van der Waals surface area contributed by atoms with E-state index in [1.807, 2.05) is 13.8 Å². The average Bonchev–Trinajstić information content (AvgIpc) is 3.08. The molecule has 0 amide bonds. The van der Waals surface area contributed by atoms with Gasteiger partial charge in [-0.05, 0) is 19.9 Å². The van der Waals surface area contributed by atoms with Crippen molar-refractivity contribution in [2.45, 2.75) is 31.3 Å². The van der Waals surface area contributed by atoms with Gasteiger partial charge in [0, 0.05) is 19.3 Å². The molecule has 2 heterocycles. The van der Waals surface area contributed by atoms with E-state index in [1.54, 1.807) is 13.2 Å². The summed E-state index contributed by atoms with van der Waals surface area (Å²) in [6, 6.07) is 1.62. The zero-order chi connectivity index (χ0) is 16.1. The number of furan rings is 1. The summed E-state index contributed by atoms with van der Waals surface area (Å²) >= 11 is 1.53. The Morgan fingerprint density at radius 2 is 2.18 bits per heavy atom. The highest BCUT2D eigenvalue weighted by molar-refractivity contribution is 7.98. The van der Waals surface area contributed by atoms with E-state index in [2.05, 4.69) is 9.55 Å². The Bertz CT molecular complexity index is 648. The van der Waals surface area contributed by atoms with Crippen LogP contribution >= 0.6 is 11.8 Å². The molecule has 0 aliphatic carbocycles. The number of aromatic nitrogens is 2. The molecule has 2 aromatic heterocycles. The third kappa shape index (κ3) is 3.53. The number of carbonyl (C=O) groups is 1. The standard InChI is InChI=1S/C15H20N2O4S/c1-10-11(2)17(6-8-19-3)15(16-10)22-9-13-12(5-7-21-13)14(18)20-4/h5,7H,6,8-9H2,1-4H3. The third-order valence-corrected chi connectivity index (χ3v) is 4.40. The highest BCUT2D eigenvalue weighted by atomic mass is 32.2. The summed E-state index contributed by atoms with van der Waals surface area (Å²) in [7, 11) is 3.04. The molecule has 0 aliphatic heterocycles. The molecule has 0 radical (unpaired) electrons. The molecule has 0 fully saturated rings. The molecule has 0 bridgehead atoms. The zero-order valence-corrected chi connectivity index (χ0v) is 14.0. The second-order valence-corrected chi connectivity index (χ2v) is 5.69. The Morgan fingerprint density at radius 3 is 2.86 bits per heavy atom. The Kier molecular flexibility index (Phi) is 5.68. The number of esters is 1. The van der Waals surface area contributed by atoms with Gasteiger partial charge in [-0.1, -0.05) is 11.8 Å². The highest BCUT2D eigenvalue weighted by Crippen LogP contribution is 2.26. The maximum Gasteiger partial charge on any atom is 0.341 e. The molecule has 22 heavy (non-hydrogen) atoms. The van der Waals surface area contributed by atoms with Crippen LogP contribution in [0.3, 0.4) is 0 Å². The molecule has 0 aliphatic rings. The van der Waals surface area contributed by atoms with Crippen LogP contribution in [0, 0.1) is 13.8 Å². The highest BCUT2D eigenvalue weighted by Gasteiger charge is 2.17. The number of methoxy groups -OCH3 is 2. The van der Waals surface area contributed by atoms with Crippen molar-refractivity contribution in [3.05, 3.63) is 35.0 Å². The number of thioether (sulfide) groups is 1. The number of carbonyl (C=O) groups excluding carboxylic acids is 1. The Balaban J connectivity index is 2.13. The summed E-state index contributed by atoms with van der Waals surface area (Å²) in [5.74, 6) is 0.716. The molecule has 2 aromatic rings. The Labute approximate surface area is 133 Å². The monoisotopic (exact) mass is 324 g/mol. The first-order valence-corrected chi connectivity index (χ1v) is 7.87. The Hall–Kier alpha value is -1.73. The first-order chi connectivity index (χ1) is 10.6. The lowest BCUT2D eigenvalue weighted by atomic mass is 10.3. The van der Waals surface area contributed by atoms with Gasteiger partial charge in [0.15, 0.2) is 5.16 Å². The first kappa shape index (κ1) is 16.6. The minimum absolute atomic E-state index is 0.389. The summed E-state index contributed by atoms with van der Waals surface area (Å²) in [6.07, 6.45) is 1.50. The number of rotatable bonds is 7. The van der Waals surface area contributed by atoms with Gasteiger partial charge in [-0.15, -0.1) is 0 Å². The normalized spacial score (nSPS) is 10.9. The van der Waals surface area contributed by atoms with E-state index in [1.165, 1.54) is 25.1 Å². The van der Waals surface area contributed by atoms with Gasteiger partial charge >= 0.3 is 5.97 Å². The lowest BCUT2D eigenvalue weighted by molar-refractivity contribution is 0.0598. The van der Waals surface area contributed by atoms with E-state index >= 15 is 0 Å². The maximum absolute atomic E-state index is 11.6. The maximum atomic E-state index is 11.6. The van der Waals surface area contributed by atoms with Gasteiger partial charge in [0.1, 0.15) is 11.3 Å². The van der Waals surface area contributed by atoms with Crippen molar-refractivity contribution in [1.82, 2.24) is 9.55 Å². The van der Waals surface area contributed by atoms with E-state index in [0.717, 1.165) is 23.1 Å². The lowest BCUT2D eigenvalue weighted by Crippen LogP contribution is -2.07. The van der Waals surface area contributed by atoms with E-state index in [9.17, 15) is 4.79 Å². The van der Waals surface area contributed by atoms with Gasteiger partial charge in [0.05, 0.1) is 31.4 Å². The molecular formula is C15H20N2O4S. The second kappa shape index (κ2) is 7.51. The largest absolute Gasteiger partial charge is 0.468 e. The third-order valence-electron chi connectivity index (χ3n) is 3.42. The summed E-state index contributed by atoms with van der Waals surface area (Å²) < 4.78 is 17.4. The zero-order valence-electron chi connectivity index (χ0n) is 13.2. The molecule has 0 atom stereocenters. The van der Waals surface area contributed by atoms with Gasteiger partial charge in [-0.25, -0.2) is 9.78 Å². The van der Waals surface area contributed by atoms with E-state index in [0.29, 0.717) is 23.7 Å². The van der Waals surface area contributed by atoms with E-state index in [4.69, 9.17) is 13.9 Å². The summed E-state index contributed by atoms with van der Waals surface area (Å²) in [5.41, 5.74) is 2.57. The quantitative estimate of drug-likeness (QED) is 0.576. The van der Waals surface area contributed by atoms with Crippen LogP contribution in [0.15, 0.2) is 21.9 Å². The number of hydrogen-bond acceptors (Lipinski definition) is 6. The number of ether oxygens (including phenoxy) is 2.